The number of nitrogens with two attached hydrogens (primary N) is 2. The predicted molar refractivity (Wildman–Crippen MR) is 79.1 cm³/mol. The van der Waals surface area contributed by atoms with Crippen LogP contribution in [0, 0.1) is 6.92 Å². The number of benzene rings is 1. The van der Waals surface area contributed by atoms with Gasteiger partial charge in [0.25, 0.3) is 0 Å². The van der Waals surface area contributed by atoms with Crippen LogP contribution in [0.25, 0.3) is 0 Å². The average molecular weight is 250 g/mol. The minimum Gasteiger partial charge on any atom is -0.505 e. The van der Waals surface area contributed by atoms with Crippen LogP contribution in [0.2, 0.25) is 0 Å². The first-order valence-electron chi connectivity index (χ1n) is 6.30. The SMILES string of the molecule is Cc1c(O)c(N)c(N)c(C(C)(C)C)c1C(C)(C)C. The average Bonchev–Trinajstić information content (AvgIpc) is 2.16. The minimum atomic E-state index is -0.112. The lowest BCUT2D eigenvalue weighted by molar-refractivity contribution is 0.464. The third-order valence-corrected chi connectivity index (χ3v) is 3.29. The van der Waals surface area contributed by atoms with Gasteiger partial charge in [-0.05, 0) is 34.4 Å². The van der Waals surface area contributed by atoms with E-state index in [1.807, 2.05) is 6.92 Å². The van der Waals surface area contributed by atoms with E-state index in [0.717, 1.165) is 16.7 Å². The van der Waals surface area contributed by atoms with Crippen molar-refractivity contribution in [2.24, 2.45) is 0 Å². The van der Waals surface area contributed by atoms with Gasteiger partial charge >= 0.3 is 0 Å². The van der Waals surface area contributed by atoms with Crippen molar-refractivity contribution < 1.29 is 5.11 Å². The zero-order valence-electron chi connectivity index (χ0n) is 12.6. The molecule has 0 amide bonds. The van der Waals surface area contributed by atoms with Crippen LogP contribution in [0.4, 0.5) is 11.4 Å². The standard InChI is InChI=1S/C15H26N2O/c1-8-9(14(2,3)4)10(15(5,6)7)11(16)12(17)13(8)18/h18H,16-17H2,1-7H3. The van der Waals surface area contributed by atoms with Crippen molar-refractivity contribution in [3.63, 3.8) is 0 Å². The number of anilines is 2. The Balaban J connectivity index is 3.89. The van der Waals surface area contributed by atoms with Crippen molar-refractivity contribution in [3.8, 4) is 5.75 Å². The Morgan fingerprint density at radius 1 is 0.778 bits per heavy atom. The molecule has 102 valence electrons. The molecule has 0 aliphatic rings. The Bertz CT molecular complexity index is 432. The maximum atomic E-state index is 10.1. The quantitative estimate of drug-likeness (QED) is 0.487. The molecule has 0 saturated heterocycles. The van der Waals surface area contributed by atoms with Crippen molar-refractivity contribution in [2.75, 3.05) is 11.5 Å². The topological polar surface area (TPSA) is 72.3 Å². The van der Waals surface area contributed by atoms with Gasteiger partial charge in [0.2, 0.25) is 0 Å². The highest BCUT2D eigenvalue weighted by Gasteiger charge is 2.31. The smallest absolute Gasteiger partial charge is 0.143 e. The summed E-state index contributed by atoms with van der Waals surface area (Å²) in [4.78, 5) is 0. The molecule has 3 nitrogen and oxygen atoms in total. The van der Waals surface area contributed by atoms with Gasteiger partial charge in [0, 0.05) is 0 Å². The second-order valence-electron chi connectivity index (χ2n) is 7.05. The van der Waals surface area contributed by atoms with Crippen LogP contribution < -0.4 is 11.5 Å². The number of hydrogen-bond acceptors (Lipinski definition) is 3. The maximum Gasteiger partial charge on any atom is 0.143 e. The van der Waals surface area contributed by atoms with E-state index in [0.29, 0.717) is 11.4 Å². The Kier molecular flexibility index (Phi) is 3.32. The Morgan fingerprint density at radius 3 is 1.50 bits per heavy atom. The molecule has 0 aliphatic carbocycles. The number of phenolic OH excluding ortho intramolecular Hbond substituents is 1. The van der Waals surface area contributed by atoms with Crippen molar-refractivity contribution in [3.05, 3.63) is 16.7 Å². The van der Waals surface area contributed by atoms with Gasteiger partial charge in [0.15, 0.2) is 0 Å². The van der Waals surface area contributed by atoms with Gasteiger partial charge in [0.05, 0.1) is 11.4 Å². The summed E-state index contributed by atoms with van der Waals surface area (Å²) in [6.45, 7) is 14.6. The van der Waals surface area contributed by atoms with Crippen molar-refractivity contribution in [2.45, 2.75) is 59.3 Å². The van der Waals surface area contributed by atoms with Crippen LogP contribution in [0.1, 0.15) is 58.2 Å². The fourth-order valence-electron chi connectivity index (χ4n) is 2.62. The summed E-state index contributed by atoms with van der Waals surface area (Å²) in [5, 5.41) is 10.1. The van der Waals surface area contributed by atoms with E-state index in [1.165, 1.54) is 0 Å². The molecule has 1 rings (SSSR count). The molecule has 3 heteroatoms. The Morgan fingerprint density at radius 2 is 1.17 bits per heavy atom. The summed E-state index contributed by atoms with van der Waals surface area (Å²) in [6.07, 6.45) is 0. The van der Waals surface area contributed by atoms with Crippen LogP contribution in [-0.4, -0.2) is 5.11 Å². The summed E-state index contributed by atoms with van der Waals surface area (Å²) in [7, 11) is 0. The van der Waals surface area contributed by atoms with E-state index in [9.17, 15) is 5.11 Å². The fourth-order valence-corrected chi connectivity index (χ4v) is 2.62. The molecule has 18 heavy (non-hydrogen) atoms. The van der Waals surface area contributed by atoms with Crippen LogP contribution in [0.15, 0.2) is 0 Å². The van der Waals surface area contributed by atoms with E-state index >= 15 is 0 Å². The summed E-state index contributed by atoms with van der Waals surface area (Å²) in [6, 6.07) is 0. The summed E-state index contributed by atoms with van der Waals surface area (Å²) < 4.78 is 0. The number of nitrogen functional groups attached to an aromatic ring is 2. The summed E-state index contributed by atoms with van der Waals surface area (Å²) in [5.41, 5.74) is 15.6. The highest BCUT2D eigenvalue weighted by Crippen LogP contribution is 2.46. The van der Waals surface area contributed by atoms with Gasteiger partial charge in [-0.25, -0.2) is 0 Å². The van der Waals surface area contributed by atoms with Gasteiger partial charge in [-0.2, -0.15) is 0 Å². The molecule has 0 radical (unpaired) electrons. The highest BCUT2D eigenvalue weighted by molar-refractivity contribution is 5.79. The van der Waals surface area contributed by atoms with E-state index in [2.05, 4.69) is 41.5 Å². The fraction of sp³-hybridized carbons (Fsp3) is 0.600. The van der Waals surface area contributed by atoms with Gasteiger partial charge in [-0.1, -0.05) is 41.5 Å². The normalized spacial score (nSPS) is 12.8. The molecule has 0 heterocycles. The molecule has 0 bridgehead atoms. The van der Waals surface area contributed by atoms with E-state index in [-0.39, 0.29) is 16.6 Å². The third-order valence-electron chi connectivity index (χ3n) is 3.29. The first kappa shape index (κ1) is 14.7. The zero-order chi connectivity index (χ0) is 14.5. The van der Waals surface area contributed by atoms with E-state index in [1.54, 1.807) is 0 Å². The maximum absolute atomic E-state index is 10.1. The second-order valence-corrected chi connectivity index (χ2v) is 7.05. The summed E-state index contributed by atoms with van der Waals surface area (Å²) in [5.74, 6) is 0.116. The van der Waals surface area contributed by atoms with Gasteiger partial charge < -0.3 is 16.6 Å². The molecular formula is C15H26N2O. The Hall–Kier alpha value is -1.38. The molecular weight excluding hydrogens is 224 g/mol. The molecule has 0 atom stereocenters. The molecule has 0 spiro atoms. The van der Waals surface area contributed by atoms with Crippen molar-refractivity contribution in [1.29, 1.82) is 0 Å². The molecule has 1 aromatic rings. The van der Waals surface area contributed by atoms with Crippen molar-refractivity contribution >= 4 is 11.4 Å². The largest absolute Gasteiger partial charge is 0.505 e. The molecule has 0 aliphatic heterocycles. The minimum absolute atomic E-state index is 0.0913. The van der Waals surface area contributed by atoms with Crippen LogP contribution in [-0.2, 0) is 10.8 Å². The monoisotopic (exact) mass is 250 g/mol. The molecule has 0 saturated carbocycles. The van der Waals surface area contributed by atoms with E-state index < -0.39 is 0 Å². The van der Waals surface area contributed by atoms with Crippen molar-refractivity contribution in [1.82, 2.24) is 0 Å². The second kappa shape index (κ2) is 4.08. The number of phenols is 1. The number of hydrogen-bond donors (Lipinski definition) is 3. The van der Waals surface area contributed by atoms with Crippen LogP contribution in [0.3, 0.4) is 0 Å². The lowest BCUT2D eigenvalue weighted by Gasteiger charge is -2.34. The van der Waals surface area contributed by atoms with Crippen LogP contribution >= 0.6 is 0 Å². The molecule has 5 N–H and O–H groups in total. The number of aromatic hydroxyl groups is 1. The van der Waals surface area contributed by atoms with E-state index in [4.69, 9.17) is 11.5 Å². The Labute approximate surface area is 110 Å². The van der Waals surface area contributed by atoms with Gasteiger partial charge in [-0.3, -0.25) is 0 Å². The first-order chi connectivity index (χ1) is 7.89. The molecule has 1 aromatic carbocycles. The molecule has 0 aromatic heterocycles. The highest BCUT2D eigenvalue weighted by atomic mass is 16.3. The molecule has 0 unspecified atom stereocenters. The van der Waals surface area contributed by atoms with Gasteiger partial charge in [0.1, 0.15) is 5.75 Å². The lowest BCUT2D eigenvalue weighted by Crippen LogP contribution is -2.25. The number of rotatable bonds is 0. The zero-order valence-corrected chi connectivity index (χ0v) is 12.6. The first-order valence-corrected chi connectivity index (χ1v) is 6.30. The van der Waals surface area contributed by atoms with Crippen LogP contribution in [0.5, 0.6) is 5.75 Å². The third kappa shape index (κ3) is 2.26. The van der Waals surface area contributed by atoms with Gasteiger partial charge in [-0.15, -0.1) is 0 Å². The molecule has 0 fully saturated rings. The predicted octanol–water partition coefficient (Wildman–Crippen LogP) is 3.46. The summed E-state index contributed by atoms with van der Waals surface area (Å²) >= 11 is 0. The lowest BCUT2D eigenvalue weighted by atomic mass is 9.72.